The summed E-state index contributed by atoms with van der Waals surface area (Å²) in [6.07, 6.45) is 0.338. The van der Waals surface area contributed by atoms with Crippen molar-refractivity contribution < 1.29 is 4.79 Å². The van der Waals surface area contributed by atoms with Crippen LogP contribution in [0, 0.1) is 0 Å². The maximum atomic E-state index is 11.1. The van der Waals surface area contributed by atoms with E-state index in [1.54, 1.807) is 19.0 Å². The first-order valence-electron chi connectivity index (χ1n) is 4.52. The number of nitrogens with zero attached hydrogens (tertiary/aromatic N) is 4. The fourth-order valence-electron chi connectivity index (χ4n) is 1.03. The van der Waals surface area contributed by atoms with Crippen molar-refractivity contribution in [3.63, 3.8) is 0 Å². The highest BCUT2D eigenvalue weighted by atomic mass is 35.5. The summed E-state index contributed by atoms with van der Waals surface area (Å²) < 4.78 is 0. The zero-order valence-corrected chi connectivity index (χ0v) is 10.4. The normalized spacial score (nSPS) is 10.0. The van der Waals surface area contributed by atoms with Crippen LogP contribution in [0.5, 0.6) is 0 Å². The van der Waals surface area contributed by atoms with Gasteiger partial charge < -0.3 is 10.2 Å². The lowest BCUT2D eigenvalue weighted by Crippen LogP contribution is -2.27. The maximum Gasteiger partial charge on any atom is 0.245 e. The summed E-state index contributed by atoms with van der Waals surface area (Å²) >= 11 is 11.4. The van der Waals surface area contributed by atoms with E-state index in [-0.39, 0.29) is 16.3 Å². The second kappa shape index (κ2) is 5.81. The number of amides is 1. The second-order valence-corrected chi connectivity index (χ2v) is 3.74. The molecule has 0 radical (unpaired) electrons. The van der Waals surface area contributed by atoms with E-state index in [0.717, 1.165) is 0 Å². The molecule has 1 amide bonds. The Morgan fingerprint density at radius 2 is 2.12 bits per heavy atom. The number of hydrogen-bond donors (Lipinski definition) is 1. The molecule has 0 atom stereocenters. The largest absolute Gasteiger partial charge is 0.359 e. The Hall–Kier alpha value is -1.14. The summed E-state index contributed by atoms with van der Waals surface area (Å²) in [5.74, 6) is 0.349. The van der Waals surface area contributed by atoms with Crippen LogP contribution < -0.4 is 10.2 Å². The lowest BCUT2D eigenvalue weighted by molar-refractivity contribution is -0.120. The Labute approximate surface area is 103 Å². The summed E-state index contributed by atoms with van der Waals surface area (Å²) in [5.41, 5.74) is 0. The Bertz CT molecular complexity index is 387. The number of anilines is 1. The molecule has 0 aliphatic rings. The summed E-state index contributed by atoms with van der Waals surface area (Å²) in [5, 5.41) is 9.83. The number of rotatable bonds is 4. The molecule has 16 heavy (non-hydrogen) atoms. The van der Waals surface area contributed by atoms with Crippen molar-refractivity contribution in [2.45, 2.75) is 6.42 Å². The Morgan fingerprint density at radius 3 is 2.75 bits per heavy atom. The first-order chi connectivity index (χ1) is 7.54. The van der Waals surface area contributed by atoms with Crippen LogP contribution in [0.2, 0.25) is 10.4 Å². The quantitative estimate of drug-likeness (QED) is 0.868. The highest BCUT2D eigenvalue weighted by molar-refractivity contribution is 6.32. The average Bonchev–Trinajstić information content (AvgIpc) is 2.28. The van der Waals surface area contributed by atoms with Crippen LogP contribution in [-0.2, 0) is 4.79 Å². The topological polar surface area (TPSA) is 71.0 Å². The van der Waals surface area contributed by atoms with E-state index in [4.69, 9.17) is 23.2 Å². The third-order valence-electron chi connectivity index (χ3n) is 1.92. The predicted octanol–water partition coefficient (Wildman–Crippen LogP) is 0.751. The van der Waals surface area contributed by atoms with Crippen molar-refractivity contribution >= 4 is 34.9 Å². The van der Waals surface area contributed by atoms with Crippen molar-refractivity contribution in [2.75, 3.05) is 25.5 Å². The lowest BCUT2D eigenvalue weighted by Gasteiger charge is -2.17. The van der Waals surface area contributed by atoms with E-state index in [1.807, 2.05) is 0 Å². The molecule has 0 saturated carbocycles. The molecule has 6 nitrogen and oxygen atoms in total. The van der Waals surface area contributed by atoms with Crippen LogP contribution in [0.15, 0.2) is 0 Å². The highest BCUT2D eigenvalue weighted by Gasteiger charge is 2.11. The van der Waals surface area contributed by atoms with Gasteiger partial charge in [-0.05, 0) is 11.6 Å². The summed E-state index contributed by atoms with van der Waals surface area (Å²) in [6.45, 7) is 0.467. The molecule has 0 spiro atoms. The Balaban J connectivity index is 2.68. The van der Waals surface area contributed by atoms with E-state index in [1.165, 1.54) is 0 Å². The highest BCUT2D eigenvalue weighted by Crippen LogP contribution is 2.20. The number of carbonyl (C=O) groups excluding carboxylic acids is 1. The minimum absolute atomic E-state index is 0.0196. The molecule has 1 N–H and O–H groups in total. The van der Waals surface area contributed by atoms with Gasteiger partial charge in [0.25, 0.3) is 0 Å². The maximum absolute atomic E-state index is 11.1. The molecule has 0 aliphatic carbocycles. The van der Waals surface area contributed by atoms with Gasteiger partial charge in [0.2, 0.25) is 11.2 Å². The SMILES string of the molecule is CNC(=O)CCN(C)c1nc(Cl)nnc1Cl. The fraction of sp³-hybridized carbons (Fsp3) is 0.500. The minimum Gasteiger partial charge on any atom is -0.359 e. The zero-order chi connectivity index (χ0) is 12.1. The predicted molar refractivity (Wildman–Crippen MR) is 61.8 cm³/mol. The van der Waals surface area contributed by atoms with Gasteiger partial charge in [0.1, 0.15) is 0 Å². The molecule has 0 aromatic carbocycles. The molecule has 1 aromatic rings. The molecule has 0 bridgehead atoms. The third-order valence-corrected chi connectivity index (χ3v) is 2.32. The van der Waals surface area contributed by atoms with Crippen LogP contribution in [-0.4, -0.2) is 41.7 Å². The van der Waals surface area contributed by atoms with Crippen LogP contribution in [0.25, 0.3) is 0 Å². The molecule has 0 aliphatic heterocycles. The van der Waals surface area contributed by atoms with E-state index in [2.05, 4.69) is 20.5 Å². The smallest absolute Gasteiger partial charge is 0.245 e. The number of carbonyl (C=O) groups is 1. The van der Waals surface area contributed by atoms with Gasteiger partial charge in [-0.2, -0.15) is 4.98 Å². The molecule has 0 fully saturated rings. The number of aromatic nitrogens is 3. The minimum atomic E-state index is -0.0592. The molecule has 0 saturated heterocycles. The van der Waals surface area contributed by atoms with Crippen molar-refractivity contribution in [1.29, 1.82) is 0 Å². The van der Waals surface area contributed by atoms with Crippen molar-refractivity contribution in [3.05, 3.63) is 10.4 Å². The van der Waals surface area contributed by atoms with E-state index in [0.29, 0.717) is 18.8 Å². The molecule has 1 heterocycles. The van der Waals surface area contributed by atoms with Gasteiger partial charge in [0.15, 0.2) is 11.0 Å². The lowest BCUT2D eigenvalue weighted by atomic mass is 10.4. The molecule has 1 aromatic heterocycles. The third kappa shape index (κ3) is 3.46. The molecule has 8 heteroatoms. The monoisotopic (exact) mass is 263 g/mol. The van der Waals surface area contributed by atoms with Gasteiger partial charge in [-0.3, -0.25) is 4.79 Å². The standard InChI is InChI=1S/C8H11Cl2N5O/c1-11-5(16)3-4-15(2)7-6(9)13-14-8(10)12-7/h3-4H2,1-2H3,(H,11,16). The average molecular weight is 264 g/mol. The number of hydrogen-bond acceptors (Lipinski definition) is 5. The Kier molecular flexibility index (Phi) is 4.70. The molecular weight excluding hydrogens is 253 g/mol. The van der Waals surface area contributed by atoms with Crippen LogP contribution in [0.4, 0.5) is 5.82 Å². The van der Waals surface area contributed by atoms with E-state index in [9.17, 15) is 4.79 Å². The van der Waals surface area contributed by atoms with Crippen LogP contribution >= 0.6 is 23.2 Å². The van der Waals surface area contributed by atoms with Gasteiger partial charge in [-0.25, -0.2) is 0 Å². The first-order valence-corrected chi connectivity index (χ1v) is 5.27. The number of nitrogens with one attached hydrogen (secondary N) is 1. The fourth-order valence-corrected chi connectivity index (χ4v) is 1.37. The van der Waals surface area contributed by atoms with Crippen LogP contribution in [0.3, 0.4) is 0 Å². The molecule has 1 rings (SSSR count). The Morgan fingerprint density at radius 1 is 1.44 bits per heavy atom. The van der Waals surface area contributed by atoms with Crippen LogP contribution in [0.1, 0.15) is 6.42 Å². The van der Waals surface area contributed by atoms with E-state index < -0.39 is 0 Å². The molecule has 88 valence electrons. The summed E-state index contributed by atoms with van der Waals surface area (Å²) in [7, 11) is 3.33. The van der Waals surface area contributed by atoms with Crippen molar-refractivity contribution in [3.8, 4) is 0 Å². The zero-order valence-electron chi connectivity index (χ0n) is 8.87. The van der Waals surface area contributed by atoms with Gasteiger partial charge in [0, 0.05) is 27.1 Å². The van der Waals surface area contributed by atoms with Gasteiger partial charge >= 0.3 is 0 Å². The van der Waals surface area contributed by atoms with Crippen molar-refractivity contribution in [2.24, 2.45) is 0 Å². The number of halogens is 2. The van der Waals surface area contributed by atoms with Gasteiger partial charge in [-0.1, -0.05) is 11.6 Å². The van der Waals surface area contributed by atoms with Gasteiger partial charge in [0.05, 0.1) is 0 Å². The first kappa shape index (κ1) is 12.9. The van der Waals surface area contributed by atoms with Crippen molar-refractivity contribution in [1.82, 2.24) is 20.5 Å². The molecular formula is C8H11Cl2N5O. The van der Waals surface area contributed by atoms with Gasteiger partial charge in [-0.15, -0.1) is 10.2 Å². The summed E-state index contributed by atoms with van der Waals surface area (Å²) in [6, 6.07) is 0. The summed E-state index contributed by atoms with van der Waals surface area (Å²) in [4.78, 5) is 16.7. The second-order valence-electron chi connectivity index (χ2n) is 3.04. The molecule has 0 unspecified atom stereocenters. The van der Waals surface area contributed by atoms with E-state index >= 15 is 0 Å².